The van der Waals surface area contributed by atoms with Gasteiger partial charge in [0, 0.05) is 11.1 Å². The molecule has 1 N–H and O–H groups in total. The maximum absolute atomic E-state index is 11.0. The predicted molar refractivity (Wildman–Crippen MR) is 105 cm³/mol. The Bertz CT molecular complexity index is 1220. The summed E-state index contributed by atoms with van der Waals surface area (Å²) in [4.78, 5) is 16.2. The van der Waals surface area contributed by atoms with Crippen molar-refractivity contribution in [1.82, 2.24) is 4.98 Å². The molecule has 4 rings (SSSR count). The van der Waals surface area contributed by atoms with Crippen LogP contribution in [0.2, 0.25) is 4.34 Å². The number of rotatable bonds is 6. The lowest BCUT2D eigenvalue weighted by Crippen LogP contribution is -2.01. The van der Waals surface area contributed by atoms with Crippen LogP contribution in [-0.2, 0) is 6.61 Å². The quantitative estimate of drug-likeness (QED) is 0.435. The van der Waals surface area contributed by atoms with E-state index in [9.17, 15) is 10.1 Å². The number of thiophene rings is 1. The van der Waals surface area contributed by atoms with Gasteiger partial charge in [0.15, 0.2) is 0 Å². The summed E-state index contributed by atoms with van der Waals surface area (Å²) in [6.07, 6.45) is 3.03. The lowest BCUT2D eigenvalue weighted by Gasteiger charge is -2.11. The fourth-order valence-electron chi connectivity index (χ4n) is 2.67. The molecule has 29 heavy (non-hydrogen) atoms. The maximum Gasteiger partial charge on any atom is 0.371 e. The van der Waals surface area contributed by atoms with E-state index in [-0.39, 0.29) is 23.8 Å². The van der Waals surface area contributed by atoms with Crippen LogP contribution in [0.1, 0.15) is 21.9 Å². The van der Waals surface area contributed by atoms with E-state index in [1.165, 1.54) is 36.0 Å². The van der Waals surface area contributed by atoms with Gasteiger partial charge in [-0.1, -0.05) is 11.6 Å². The normalized spacial score (nSPS) is 10.6. The number of carboxylic acid groups (broad SMARTS) is 1. The van der Waals surface area contributed by atoms with Gasteiger partial charge in [-0.25, -0.2) is 9.78 Å². The molecular formula is C20H11ClN2O5S. The van der Waals surface area contributed by atoms with Gasteiger partial charge in [0.2, 0.25) is 11.6 Å². The van der Waals surface area contributed by atoms with E-state index in [1.54, 1.807) is 18.2 Å². The van der Waals surface area contributed by atoms with E-state index in [1.807, 2.05) is 6.07 Å². The maximum atomic E-state index is 11.0. The van der Waals surface area contributed by atoms with Gasteiger partial charge in [0.25, 0.3) is 0 Å². The first-order valence-electron chi connectivity index (χ1n) is 8.23. The molecule has 0 radical (unpaired) electrons. The van der Waals surface area contributed by atoms with Crippen molar-refractivity contribution >= 4 is 28.9 Å². The topological polar surface area (TPSA) is 109 Å². The van der Waals surface area contributed by atoms with Crippen LogP contribution in [0.5, 0.6) is 5.88 Å². The molecule has 0 spiro atoms. The Balaban J connectivity index is 1.75. The first kappa shape index (κ1) is 18.8. The number of hydrogen-bond donors (Lipinski definition) is 1. The van der Waals surface area contributed by atoms with Crippen LogP contribution in [0, 0.1) is 11.3 Å². The molecular weight excluding hydrogens is 416 g/mol. The minimum absolute atomic E-state index is 0.0889. The molecule has 4 aromatic heterocycles. The van der Waals surface area contributed by atoms with E-state index in [2.05, 4.69) is 11.1 Å². The number of hydrogen-bond acceptors (Lipinski definition) is 7. The SMILES string of the molecule is N#Cc1c(-c2ccoc2)cc(-c2ccc(Cl)s2)nc1OCc1ccc(C(=O)O)o1. The molecule has 0 atom stereocenters. The Morgan fingerprint density at radius 3 is 2.79 bits per heavy atom. The molecule has 0 aliphatic carbocycles. The van der Waals surface area contributed by atoms with Crippen molar-refractivity contribution in [2.45, 2.75) is 6.61 Å². The van der Waals surface area contributed by atoms with Crippen LogP contribution in [0.4, 0.5) is 0 Å². The standard InChI is InChI=1S/C20H11ClN2O5S/c21-18-4-3-17(29-18)15-7-13(11-5-6-26-9-11)14(8-22)19(23-15)27-10-12-1-2-16(28-12)20(24)25/h1-7,9H,10H2,(H,24,25). The fourth-order valence-corrected chi connectivity index (χ4v) is 3.67. The van der Waals surface area contributed by atoms with Crippen LogP contribution < -0.4 is 4.74 Å². The Morgan fingerprint density at radius 2 is 2.17 bits per heavy atom. The number of ether oxygens (including phenoxy) is 1. The van der Waals surface area contributed by atoms with Gasteiger partial charge in [0.05, 0.1) is 27.4 Å². The van der Waals surface area contributed by atoms with Crippen LogP contribution in [-0.4, -0.2) is 16.1 Å². The number of furan rings is 2. The molecule has 144 valence electrons. The second-order valence-corrected chi connectivity index (χ2v) is 7.54. The van der Waals surface area contributed by atoms with Crippen molar-refractivity contribution in [1.29, 1.82) is 5.26 Å². The third-order valence-electron chi connectivity index (χ3n) is 3.98. The van der Waals surface area contributed by atoms with Crippen LogP contribution >= 0.6 is 22.9 Å². The predicted octanol–water partition coefficient (Wildman–Crippen LogP) is 5.47. The summed E-state index contributed by atoms with van der Waals surface area (Å²) >= 11 is 7.40. The Kier molecular flexibility index (Phi) is 5.08. The largest absolute Gasteiger partial charge is 0.475 e. The van der Waals surface area contributed by atoms with Crippen LogP contribution in [0.15, 0.2) is 57.8 Å². The molecule has 0 bridgehead atoms. The van der Waals surface area contributed by atoms with Crippen molar-refractivity contribution in [3.63, 3.8) is 0 Å². The molecule has 0 fully saturated rings. The first-order chi connectivity index (χ1) is 14.0. The van der Waals surface area contributed by atoms with Crippen molar-refractivity contribution in [2.24, 2.45) is 0 Å². The van der Waals surface area contributed by atoms with Gasteiger partial charge in [0.1, 0.15) is 24.0 Å². The molecule has 0 saturated heterocycles. The Hall–Kier alpha value is -3.54. The number of nitrogens with zero attached hydrogens (tertiary/aromatic N) is 2. The number of carbonyl (C=O) groups is 1. The lowest BCUT2D eigenvalue weighted by molar-refractivity contribution is 0.0658. The zero-order valence-electron chi connectivity index (χ0n) is 14.6. The van der Waals surface area contributed by atoms with E-state index >= 15 is 0 Å². The first-order valence-corrected chi connectivity index (χ1v) is 9.43. The second-order valence-electron chi connectivity index (χ2n) is 5.82. The summed E-state index contributed by atoms with van der Waals surface area (Å²) in [7, 11) is 0. The highest BCUT2D eigenvalue weighted by Gasteiger charge is 2.19. The van der Waals surface area contributed by atoms with Gasteiger partial charge in [-0.2, -0.15) is 5.26 Å². The van der Waals surface area contributed by atoms with Crippen molar-refractivity contribution < 1.29 is 23.5 Å². The van der Waals surface area contributed by atoms with Gasteiger partial charge in [-0.15, -0.1) is 11.3 Å². The fraction of sp³-hybridized carbons (Fsp3) is 0.0500. The van der Waals surface area contributed by atoms with Gasteiger partial charge in [-0.05, 0) is 36.4 Å². The third-order valence-corrected chi connectivity index (χ3v) is 5.23. The van der Waals surface area contributed by atoms with Crippen LogP contribution in [0.25, 0.3) is 21.7 Å². The third kappa shape index (κ3) is 3.87. The van der Waals surface area contributed by atoms with Gasteiger partial charge >= 0.3 is 5.97 Å². The summed E-state index contributed by atoms with van der Waals surface area (Å²) in [6, 6.07) is 12.0. The number of nitriles is 1. The molecule has 0 aliphatic heterocycles. The number of aromatic carboxylic acids is 1. The van der Waals surface area contributed by atoms with Crippen molar-refractivity contribution in [3.05, 3.63) is 70.3 Å². The summed E-state index contributed by atoms with van der Waals surface area (Å²) < 4.78 is 16.7. The average Bonchev–Trinajstić information content (AvgIpc) is 3.46. The highest BCUT2D eigenvalue weighted by molar-refractivity contribution is 7.19. The lowest BCUT2D eigenvalue weighted by atomic mass is 10.0. The Morgan fingerprint density at radius 1 is 1.31 bits per heavy atom. The number of pyridine rings is 1. The molecule has 0 unspecified atom stereocenters. The average molecular weight is 427 g/mol. The smallest absolute Gasteiger partial charge is 0.371 e. The highest BCUT2D eigenvalue weighted by Crippen LogP contribution is 2.37. The van der Waals surface area contributed by atoms with Crippen molar-refractivity contribution in [2.75, 3.05) is 0 Å². The zero-order valence-corrected chi connectivity index (χ0v) is 16.2. The Labute approximate surface area is 173 Å². The van der Waals surface area contributed by atoms with Crippen LogP contribution in [0.3, 0.4) is 0 Å². The number of halogens is 1. The highest BCUT2D eigenvalue weighted by atomic mass is 35.5. The molecule has 0 amide bonds. The zero-order chi connectivity index (χ0) is 20.4. The molecule has 4 heterocycles. The molecule has 4 aromatic rings. The molecule has 0 aromatic carbocycles. The summed E-state index contributed by atoms with van der Waals surface area (Å²) in [5, 5.41) is 18.7. The molecule has 0 aliphatic rings. The van der Waals surface area contributed by atoms with E-state index in [0.717, 1.165) is 4.88 Å². The molecule has 9 heteroatoms. The van der Waals surface area contributed by atoms with Gasteiger partial charge < -0.3 is 18.7 Å². The summed E-state index contributed by atoms with van der Waals surface area (Å²) in [5.74, 6) is -0.981. The summed E-state index contributed by atoms with van der Waals surface area (Å²) in [5.41, 5.74) is 2.10. The summed E-state index contributed by atoms with van der Waals surface area (Å²) in [6.45, 7) is -0.0889. The number of aromatic nitrogens is 1. The monoisotopic (exact) mass is 426 g/mol. The van der Waals surface area contributed by atoms with E-state index in [4.69, 9.17) is 30.3 Å². The van der Waals surface area contributed by atoms with Crippen molar-refractivity contribution in [3.8, 4) is 33.6 Å². The van der Waals surface area contributed by atoms with E-state index in [0.29, 0.717) is 26.9 Å². The minimum Gasteiger partial charge on any atom is -0.475 e. The minimum atomic E-state index is -1.18. The second kappa shape index (κ2) is 7.83. The molecule has 7 nitrogen and oxygen atoms in total. The van der Waals surface area contributed by atoms with Gasteiger partial charge in [-0.3, -0.25) is 0 Å². The number of carboxylic acids is 1. The van der Waals surface area contributed by atoms with E-state index < -0.39 is 5.97 Å². The molecule has 0 saturated carbocycles.